The molecule has 7 nitrogen and oxygen atoms in total. The number of ether oxygens (including phenoxy) is 4. The van der Waals surface area contributed by atoms with E-state index in [4.69, 9.17) is 18.9 Å². The molecule has 1 N–H and O–H groups in total. The van der Waals surface area contributed by atoms with E-state index in [2.05, 4.69) is 26.1 Å². The van der Waals surface area contributed by atoms with Gasteiger partial charge < -0.3 is 24.3 Å². The lowest BCUT2D eigenvalue weighted by Gasteiger charge is -2.19. The fourth-order valence-corrected chi connectivity index (χ4v) is 3.00. The van der Waals surface area contributed by atoms with Crippen LogP contribution in [0.1, 0.15) is 45.2 Å². The average molecular weight is 427 g/mol. The molecular formula is C24H29NO6. The van der Waals surface area contributed by atoms with Crippen LogP contribution < -0.4 is 19.5 Å². The first-order valence-corrected chi connectivity index (χ1v) is 10.3. The third kappa shape index (κ3) is 6.38. The summed E-state index contributed by atoms with van der Waals surface area (Å²) in [6.07, 6.45) is -0.839. The van der Waals surface area contributed by atoms with Crippen LogP contribution in [0, 0.1) is 0 Å². The molecule has 0 aromatic heterocycles. The molecule has 0 spiro atoms. The van der Waals surface area contributed by atoms with Gasteiger partial charge in [0.2, 0.25) is 6.79 Å². The molecule has 0 unspecified atom stereocenters. The highest BCUT2D eigenvalue weighted by Gasteiger charge is 2.19. The lowest BCUT2D eigenvalue weighted by Crippen LogP contribution is -2.35. The van der Waals surface area contributed by atoms with Crippen LogP contribution in [-0.2, 0) is 26.3 Å². The minimum atomic E-state index is -0.896. The summed E-state index contributed by atoms with van der Waals surface area (Å²) in [5.74, 6) is 1.17. The van der Waals surface area contributed by atoms with Gasteiger partial charge in [0.25, 0.3) is 5.91 Å². The summed E-state index contributed by atoms with van der Waals surface area (Å²) >= 11 is 0. The summed E-state index contributed by atoms with van der Waals surface area (Å²) in [5.41, 5.74) is 2.14. The van der Waals surface area contributed by atoms with Gasteiger partial charge in [-0.3, -0.25) is 9.59 Å². The lowest BCUT2D eigenvalue weighted by molar-refractivity contribution is -0.155. The van der Waals surface area contributed by atoms with E-state index < -0.39 is 12.1 Å². The van der Waals surface area contributed by atoms with Gasteiger partial charge in [0.1, 0.15) is 5.75 Å². The fourth-order valence-electron chi connectivity index (χ4n) is 3.00. The Labute approximate surface area is 182 Å². The lowest BCUT2D eigenvalue weighted by atomic mass is 9.87. The first-order chi connectivity index (χ1) is 14.7. The van der Waals surface area contributed by atoms with Crippen molar-refractivity contribution in [1.82, 2.24) is 5.32 Å². The maximum absolute atomic E-state index is 12.2. The summed E-state index contributed by atoms with van der Waals surface area (Å²) in [7, 11) is 0. The first-order valence-electron chi connectivity index (χ1n) is 10.3. The highest BCUT2D eigenvalue weighted by molar-refractivity contribution is 5.83. The van der Waals surface area contributed by atoms with Crippen LogP contribution in [0.2, 0.25) is 0 Å². The molecule has 0 saturated carbocycles. The molecule has 1 atom stereocenters. The number of rotatable bonds is 8. The monoisotopic (exact) mass is 427 g/mol. The van der Waals surface area contributed by atoms with E-state index >= 15 is 0 Å². The van der Waals surface area contributed by atoms with Gasteiger partial charge in [-0.1, -0.05) is 39.0 Å². The fraction of sp³-hybridized carbons (Fsp3) is 0.417. The second-order valence-electron chi connectivity index (χ2n) is 8.41. The molecule has 0 saturated heterocycles. The van der Waals surface area contributed by atoms with Gasteiger partial charge in [-0.15, -0.1) is 0 Å². The van der Waals surface area contributed by atoms with Crippen molar-refractivity contribution in [3.63, 3.8) is 0 Å². The van der Waals surface area contributed by atoms with Crippen molar-refractivity contribution in [3.05, 3.63) is 53.6 Å². The summed E-state index contributed by atoms with van der Waals surface area (Å²) < 4.78 is 21.4. The van der Waals surface area contributed by atoms with E-state index in [-0.39, 0.29) is 31.1 Å². The van der Waals surface area contributed by atoms with E-state index in [0.717, 1.165) is 5.56 Å². The zero-order valence-electron chi connectivity index (χ0n) is 18.4. The van der Waals surface area contributed by atoms with Crippen LogP contribution in [-0.4, -0.2) is 31.4 Å². The number of fused-ring (bicyclic) bond motifs is 1. The molecule has 1 aliphatic heterocycles. The van der Waals surface area contributed by atoms with Crippen LogP contribution >= 0.6 is 0 Å². The molecule has 7 heteroatoms. The van der Waals surface area contributed by atoms with E-state index in [1.807, 2.05) is 36.4 Å². The molecule has 166 valence electrons. The number of hydrogen-bond acceptors (Lipinski definition) is 6. The second-order valence-corrected chi connectivity index (χ2v) is 8.41. The Bertz CT molecular complexity index is 917. The molecule has 2 aromatic carbocycles. The molecule has 1 aliphatic rings. The number of esters is 1. The van der Waals surface area contributed by atoms with E-state index in [1.165, 1.54) is 5.56 Å². The highest BCUT2D eigenvalue weighted by atomic mass is 16.7. The molecule has 2 aromatic rings. The summed E-state index contributed by atoms with van der Waals surface area (Å²) in [6.45, 7) is 8.65. The standard InChI is InChI=1S/C24H29NO6/c1-16(23(27)25-14-17-5-10-20-21(13-17)30-15-29-20)31-22(26)11-12-28-19-8-6-18(7-9-19)24(2,3)4/h5-10,13,16H,11-12,14-15H2,1-4H3,(H,25,27)/t16-/m0/s1. The molecule has 1 heterocycles. The van der Waals surface area contributed by atoms with Crippen molar-refractivity contribution >= 4 is 11.9 Å². The Morgan fingerprint density at radius 2 is 1.77 bits per heavy atom. The Balaban J connectivity index is 1.37. The van der Waals surface area contributed by atoms with E-state index in [1.54, 1.807) is 13.0 Å². The highest BCUT2D eigenvalue weighted by Crippen LogP contribution is 2.32. The van der Waals surface area contributed by atoms with Crippen molar-refractivity contribution in [2.75, 3.05) is 13.4 Å². The third-order valence-corrected chi connectivity index (χ3v) is 4.88. The Hall–Kier alpha value is -3.22. The SMILES string of the molecule is C[C@H](OC(=O)CCOc1ccc(C(C)(C)C)cc1)C(=O)NCc1ccc2c(c1)OCO2. The topological polar surface area (TPSA) is 83.1 Å². The van der Waals surface area contributed by atoms with Crippen LogP contribution in [0.15, 0.2) is 42.5 Å². The van der Waals surface area contributed by atoms with E-state index in [0.29, 0.717) is 23.8 Å². The molecule has 0 fully saturated rings. The van der Waals surface area contributed by atoms with Crippen molar-refractivity contribution < 1.29 is 28.5 Å². The van der Waals surface area contributed by atoms with Gasteiger partial charge in [-0.25, -0.2) is 0 Å². The van der Waals surface area contributed by atoms with Gasteiger partial charge in [-0.2, -0.15) is 0 Å². The van der Waals surface area contributed by atoms with Crippen LogP contribution in [0.4, 0.5) is 0 Å². The normalized spacial score (nSPS) is 13.4. The van der Waals surface area contributed by atoms with Crippen molar-refractivity contribution in [2.24, 2.45) is 0 Å². The maximum Gasteiger partial charge on any atom is 0.310 e. The largest absolute Gasteiger partial charge is 0.493 e. The summed E-state index contributed by atoms with van der Waals surface area (Å²) in [5, 5.41) is 2.75. The predicted octanol–water partition coefficient (Wildman–Crippen LogP) is 3.73. The zero-order chi connectivity index (χ0) is 22.4. The Morgan fingerprint density at radius 3 is 2.48 bits per heavy atom. The molecule has 3 rings (SSSR count). The van der Waals surface area contributed by atoms with Gasteiger partial charge in [0.15, 0.2) is 17.6 Å². The minimum absolute atomic E-state index is 0.0564. The molecular weight excluding hydrogens is 398 g/mol. The van der Waals surface area contributed by atoms with Crippen LogP contribution in [0.5, 0.6) is 17.2 Å². The molecule has 31 heavy (non-hydrogen) atoms. The summed E-state index contributed by atoms with van der Waals surface area (Å²) in [4.78, 5) is 24.2. The Kier molecular flexibility index (Phi) is 7.05. The quantitative estimate of drug-likeness (QED) is 0.647. The Morgan fingerprint density at radius 1 is 1.06 bits per heavy atom. The van der Waals surface area contributed by atoms with Crippen molar-refractivity contribution in [1.29, 1.82) is 0 Å². The first kappa shape index (κ1) is 22.5. The third-order valence-electron chi connectivity index (χ3n) is 4.88. The number of benzene rings is 2. The molecule has 1 amide bonds. The molecule has 0 radical (unpaired) electrons. The van der Waals surface area contributed by atoms with Gasteiger partial charge >= 0.3 is 5.97 Å². The van der Waals surface area contributed by atoms with Crippen molar-refractivity contribution in [3.8, 4) is 17.2 Å². The number of carbonyl (C=O) groups is 2. The van der Waals surface area contributed by atoms with E-state index in [9.17, 15) is 9.59 Å². The van der Waals surface area contributed by atoms with Gasteiger partial charge in [0.05, 0.1) is 13.0 Å². The zero-order valence-corrected chi connectivity index (χ0v) is 18.4. The average Bonchev–Trinajstić information content (AvgIpc) is 3.19. The van der Waals surface area contributed by atoms with Gasteiger partial charge in [0, 0.05) is 6.54 Å². The predicted molar refractivity (Wildman–Crippen MR) is 115 cm³/mol. The maximum atomic E-state index is 12.2. The van der Waals surface area contributed by atoms with Gasteiger partial charge in [-0.05, 0) is 47.7 Å². The smallest absolute Gasteiger partial charge is 0.310 e. The number of amides is 1. The summed E-state index contributed by atoms with van der Waals surface area (Å²) in [6, 6.07) is 13.3. The number of hydrogen-bond donors (Lipinski definition) is 1. The second kappa shape index (κ2) is 9.73. The molecule has 0 aliphatic carbocycles. The molecule has 0 bridgehead atoms. The minimum Gasteiger partial charge on any atom is -0.493 e. The number of carbonyl (C=O) groups excluding carboxylic acids is 2. The number of nitrogens with one attached hydrogen (secondary N) is 1. The van der Waals surface area contributed by atoms with Crippen molar-refractivity contribution in [2.45, 2.75) is 52.2 Å². The van der Waals surface area contributed by atoms with Crippen LogP contribution in [0.25, 0.3) is 0 Å². The van der Waals surface area contributed by atoms with Crippen LogP contribution in [0.3, 0.4) is 0 Å².